The molecule has 4 nitrogen and oxygen atoms in total. The summed E-state index contributed by atoms with van der Waals surface area (Å²) in [4.78, 5) is 22.7. The molecule has 2 N–H and O–H groups in total. The normalized spacial score (nSPS) is 19.4. The summed E-state index contributed by atoms with van der Waals surface area (Å²) in [7, 11) is 0. The molecule has 0 bridgehead atoms. The Labute approximate surface area is 96.4 Å². The number of hydrogen-bond acceptors (Lipinski definition) is 2. The first-order valence-electron chi connectivity index (χ1n) is 6.05. The van der Waals surface area contributed by atoms with Crippen molar-refractivity contribution in [1.82, 2.24) is 5.32 Å². The summed E-state index contributed by atoms with van der Waals surface area (Å²) >= 11 is 0. The van der Waals surface area contributed by atoms with Gasteiger partial charge in [0.05, 0.1) is 0 Å². The zero-order valence-corrected chi connectivity index (χ0v) is 10.0. The second kappa shape index (κ2) is 5.87. The summed E-state index contributed by atoms with van der Waals surface area (Å²) in [6, 6.07) is -0.699. The molecule has 0 aromatic carbocycles. The van der Waals surface area contributed by atoms with Crippen molar-refractivity contribution in [2.45, 2.75) is 52.0 Å². The van der Waals surface area contributed by atoms with Crippen LogP contribution in [0.15, 0.2) is 0 Å². The summed E-state index contributed by atoms with van der Waals surface area (Å²) in [5, 5.41) is 11.8. The number of carboxylic acids is 1. The van der Waals surface area contributed by atoms with Gasteiger partial charge in [-0.1, -0.05) is 33.1 Å². The first-order valence-corrected chi connectivity index (χ1v) is 6.05. The quantitative estimate of drug-likeness (QED) is 0.769. The Balaban J connectivity index is 2.59. The van der Waals surface area contributed by atoms with Gasteiger partial charge in [0.1, 0.15) is 6.04 Å². The van der Waals surface area contributed by atoms with E-state index in [4.69, 9.17) is 5.11 Å². The summed E-state index contributed by atoms with van der Waals surface area (Å²) < 4.78 is 0. The standard InChI is InChI=1S/C12H21NO3/c1-8(2)11(14)13-10(12(15)16)9-6-4-3-5-7-9/h8-10H,3-7H2,1-2H3,(H,13,14)(H,15,16)/t10-/m1/s1. The van der Waals surface area contributed by atoms with E-state index >= 15 is 0 Å². The first-order chi connectivity index (χ1) is 7.52. The van der Waals surface area contributed by atoms with E-state index in [2.05, 4.69) is 5.32 Å². The van der Waals surface area contributed by atoms with Crippen LogP contribution in [0.4, 0.5) is 0 Å². The van der Waals surface area contributed by atoms with Crippen LogP contribution in [0.2, 0.25) is 0 Å². The third kappa shape index (κ3) is 3.51. The Hall–Kier alpha value is -1.06. The zero-order chi connectivity index (χ0) is 12.1. The van der Waals surface area contributed by atoms with E-state index in [9.17, 15) is 9.59 Å². The highest BCUT2D eigenvalue weighted by Gasteiger charge is 2.30. The number of carbonyl (C=O) groups is 2. The SMILES string of the molecule is CC(C)C(=O)N[C@@H](C(=O)O)C1CCCCC1. The van der Waals surface area contributed by atoms with Crippen LogP contribution in [-0.4, -0.2) is 23.0 Å². The van der Waals surface area contributed by atoms with Crippen molar-refractivity contribution in [2.75, 3.05) is 0 Å². The van der Waals surface area contributed by atoms with Crippen molar-refractivity contribution in [3.05, 3.63) is 0 Å². The Morgan fingerprint density at radius 1 is 1.19 bits per heavy atom. The van der Waals surface area contributed by atoms with E-state index < -0.39 is 12.0 Å². The largest absolute Gasteiger partial charge is 0.480 e. The molecular weight excluding hydrogens is 206 g/mol. The van der Waals surface area contributed by atoms with Gasteiger partial charge in [-0.2, -0.15) is 0 Å². The van der Waals surface area contributed by atoms with Gasteiger partial charge in [0.15, 0.2) is 0 Å². The van der Waals surface area contributed by atoms with Gasteiger partial charge in [0.25, 0.3) is 0 Å². The van der Waals surface area contributed by atoms with Crippen LogP contribution in [0.1, 0.15) is 46.0 Å². The predicted molar refractivity (Wildman–Crippen MR) is 61.0 cm³/mol. The lowest BCUT2D eigenvalue weighted by molar-refractivity contribution is -0.144. The van der Waals surface area contributed by atoms with Crippen LogP contribution in [0.5, 0.6) is 0 Å². The number of carboxylic acid groups (broad SMARTS) is 1. The number of amides is 1. The summed E-state index contributed by atoms with van der Waals surface area (Å²) in [5.74, 6) is -1.13. The minimum absolute atomic E-state index is 0.106. The monoisotopic (exact) mass is 227 g/mol. The number of nitrogens with one attached hydrogen (secondary N) is 1. The highest BCUT2D eigenvalue weighted by molar-refractivity contribution is 5.84. The van der Waals surface area contributed by atoms with E-state index in [-0.39, 0.29) is 17.7 Å². The van der Waals surface area contributed by atoms with E-state index in [0.29, 0.717) is 0 Å². The third-order valence-corrected chi connectivity index (χ3v) is 3.21. The Morgan fingerprint density at radius 2 is 1.75 bits per heavy atom. The lowest BCUT2D eigenvalue weighted by Crippen LogP contribution is -2.47. The van der Waals surface area contributed by atoms with Crippen LogP contribution in [0.25, 0.3) is 0 Å². The third-order valence-electron chi connectivity index (χ3n) is 3.21. The van der Waals surface area contributed by atoms with Crippen LogP contribution < -0.4 is 5.32 Å². The molecule has 1 aliphatic carbocycles. The second-order valence-corrected chi connectivity index (χ2v) is 4.88. The Bertz CT molecular complexity index is 257. The Kier molecular flexibility index (Phi) is 4.77. The van der Waals surface area contributed by atoms with E-state index in [1.54, 1.807) is 13.8 Å². The first kappa shape index (κ1) is 13.0. The summed E-state index contributed by atoms with van der Waals surface area (Å²) in [5.41, 5.74) is 0. The molecular formula is C12H21NO3. The molecule has 1 saturated carbocycles. The van der Waals surface area contributed by atoms with E-state index in [0.717, 1.165) is 25.7 Å². The van der Waals surface area contributed by atoms with Crippen LogP contribution >= 0.6 is 0 Å². The summed E-state index contributed by atoms with van der Waals surface area (Å²) in [6.45, 7) is 3.55. The molecule has 0 spiro atoms. The highest BCUT2D eigenvalue weighted by Crippen LogP contribution is 2.26. The van der Waals surface area contributed by atoms with Crippen molar-refractivity contribution >= 4 is 11.9 Å². The maximum atomic E-state index is 11.5. The van der Waals surface area contributed by atoms with Crippen LogP contribution in [-0.2, 0) is 9.59 Å². The second-order valence-electron chi connectivity index (χ2n) is 4.88. The average Bonchev–Trinajstić information content (AvgIpc) is 2.26. The van der Waals surface area contributed by atoms with Gasteiger partial charge in [-0.05, 0) is 18.8 Å². The fourth-order valence-corrected chi connectivity index (χ4v) is 2.17. The van der Waals surface area contributed by atoms with E-state index in [1.807, 2.05) is 0 Å². The minimum atomic E-state index is -0.902. The van der Waals surface area contributed by atoms with Gasteiger partial charge < -0.3 is 10.4 Å². The lowest BCUT2D eigenvalue weighted by Gasteiger charge is -2.28. The van der Waals surface area contributed by atoms with Crippen LogP contribution in [0.3, 0.4) is 0 Å². The molecule has 1 fully saturated rings. The van der Waals surface area contributed by atoms with Crippen molar-refractivity contribution in [3.8, 4) is 0 Å². The molecule has 1 rings (SSSR count). The van der Waals surface area contributed by atoms with Gasteiger partial charge in [-0.25, -0.2) is 4.79 Å². The topological polar surface area (TPSA) is 66.4 Å². The summed E-state index contributed by atoms with van der Waals surface area (Å²) in [6.07, 6.45) is 5.16. The Morgan fingerprint density at radius 3 is 2.19 bits per heavy atom. The zero-order valence-electron chi connectivity index (χ0n) is 10.0. The molecule has 0 heterocycles. The molecule has 0 aliphatic heterocycles. The van der Waals surface area contributed by atoms with Gasteiger partial charge in [-0.3, -0.25) is 4.79 Å². The minimum Gasteiger partial charge on any atom is -0.480 e. The molecule has 92 valence electrons. The van der Waals surface area contributed by atoms with Crippen molar-refractivity contribution in [2.24, 2.45) is 11.8 Å². The van der Waals surface area contributed by atoms with Gasteiger partial charge >= 0.3 is 5.97 Å². The predicted octanol–water partition coefficient (Wildman–Crippen LogP) is 1.79. The van der Waals surface area contributed by atoms with E-state index in [1.165, 1.54) is 6.42 Å². The molecule has 1 aliphatic rings. The molecule has 0 radical (unpaired) electrons. The molecule has 1 amide bonds. The molecule has 0 aromatic heterocycles. The lowest BCUT2D eigenvalue weighted by atomic mass is 9.83. The average molecular weight is 227 g/mol. The fourth-order valence-electron chi connectivity index (χ4n) is 2.17. The number of carbonyl (C=O) groups excluding carboxylic acids is 1. The molecule has 0 saturated heterocycles. The number of rotatable bonds is 4. The van der Waals surface area contributed by atoms with Crippen molar-refractivity contribution < 1.29 is 14.7 Å². The molecule has 1 atom stereocenters. The molecule has 0 unspecified atom stereocenters. The maximum absolute atomic E-state index is 11.5. The molecule has 4 heteroatoms. The van der Waals surface area contributed by atoms with Crippen LogP contribution in [0, 0.1) is 11.8 Å². The highest BCUT2D eigenvalue weighted by atomic mass is 16.4. The number of aliphatic carboxylic acids is 1. The molecule has 16 heavy (non-hydrogen) atoms. The molecule has 0 aromatic rings. The fraction of sp³-hybridized carbons (Fsp3) is 0.833. The smallest absolute Gasteiger partial charge is 0.326 e. The maximum Gasteiger partial charge on any atom is 0.326 e. The van der Waals surface area contributed by atoms with Gasteiger partial charge in [0, 0.05) is 5.92 Å². The van der Waals surface area contributed by atoms with Gasteiger partial charge in [-0.15, -0.1) is 0 Å². The van der Waals surface area contributed by atoms with Gasteiger partial charge in [0.2, 0.25) is 5.91 Å². The van der Waals surface area contributed by atoms with Crippen molar-refractivity contribution in [3.63, 3.8) is 0 Å². The van der Waals surface area contributed by atoms with Crippen molar-refractivity contribution in [1.29, 1.82) is 0 Å². The number of hydrogen-bond donors (Lipinski definition) is 2.